The van der Waals surface area contributed by atoms with Crippen LogP contribution in [0, 0.1) is 6.92 Å². The van der Waals surface area contributed by atoms with E-state index in [4.69, 9.17) is 9.15 Å². The van der Waals surface area contributed by atoms with Gasteiger partial charge >= 0.3 is 5.97 Å². The molecular formula is C22H18N4O3. The lowest BCUT2D eigenvalue weighted by Gasteiger charge is -2.10. The zero-order valence-corrected chi connectivity index (χ0v) is 15.7. The number of hydrogen-bond donors (Lipinski definition) is 0. The third-order valence-electron chi connectivity index (χ3n) is 4.25. The standard InChI is InChI=1S/C22H18N4O3/c1-16-9-11-17(12-10-16)15-29-22(27)20(14-19-8-5-13-28-19)26-21(23-24-25-26)18-6-3-2-4-7-18/h2-14H,15H2,1H3/b20-14+. The molecule has 0 bridgehead atoms. The van der Waals surface area contributed by atoms with Gasteiger partial charge in [0.15, 0.2) is 11.5 Å². The molecule has 0 aliphatic carbocycles. The first-order valence-corrected chi connectivity index (χ1v) is 9.03. The van der Waals surface area contributed by atoms with Crippen molar-refractivity contribution in [1.29, 1.82) is 0 Å². The number of ether oxygens (including phenoxy) is 1. The number of carbonyl (C=O) groups is 1. The molecule has 2 heterocycles. The lowest BCUT2D eigenvalue weighted by Crippen LogP contribution is -2.15. The van der Waals surface area contributed by atoms with E-state index in [1.165, 1.54) is 10.9 Å². The minimum atomic E-state index is -0.563. The Morgan fingerprint density at radius 3 is 2.59 bits per heavy atom. The van der Waals surface area contributed by atoms with E-state index in [1.54, 1.807) is 18.2 Å². The van der Waals surface area contributed by atoms with Crippen LogP contribution in [0.15, 0.2) is 77.4 Å². The summed E-state index contributed by atoms with van der Waals surface area (Å²) in [5, 5.41) is 11.8. The van der Waals surface area contributed by atoms with Gasteiger partial charge in [-0.2, -0.15) is 4.68 Å². The zero-order valence-electron chi connectivity index (χ0n) is 15.7. The van der Waals surface area contributed by atoms with Crippen molar-refractivity contribution in [3.63, 3.8) is 0 Å². The van der Waals surface area contributed by atoms with Crippen molar-refractivity contribution in [1.82, 2.24) is 20.2 Å². The van der Waals surface area contributed by atoms with Crippen LogP contribution < -0.4 is 0 Å². The van der Waals surface area contributed by atoms with Crippen molar-refractivity contribution in [3.05, 3.63) is 89.9 Å². The van der Waals surface area contributed by atoms with Crippen molar-refractivity contribution in [3.8, 4) is 11.4 Å². The Balaban J connectivity index is 1.65. The van der Waals surface area contributed by atoms with Crippen LogP contribution >= 0.6 is 0 Å². The van der Waals surface area contributed by atoms with Crippen LogP contribution in [0.25, 0.3) is 23.2 Å². The van der Waals surface area contributed by atoms with Crippen molar-refractivity contribution < 1.29 is 13.9 Å². The average molecular weight is 386 g/mol. The maximum Gasteiger partial charge on any atom is 0.357 e. The smallest absolute Gasteiger partial charge is 0.357 e. The van der Waals surface area contributed by atoms with E-state index in [2.05, 4.69) is 15.5 Å². The van der Waals surface area contributed by atoms with E-state index >= 15 is 0 Å². The van der Waals surface area contributed by atoms with Crippen LogP contribution in [0.3, 0.4) is 0 Å². The van der Waals surface area contributed by atoms with Gasteiger partial charge in [-0.1, -0.05) is 60.2 Å². The molecule has 7 nitrogen and oxygen atoms in total. The van der Waals surface area contributed by atoms with E-state index in [0.29, 0.717) is 11.6 Å². The second-order valence-corrected chi connectivity index (χ2v) is 6.39. The van der Waals surface area contributed by atoms with Crippen LogP contribution in [-0.2, 0) is 16.1 Å². The van der Waals surface area contributed by atoms with E-state index in [-0.39, 0.29) is 12.3 Å². The van der Waals surface area contributed by atoms with Crippen LogP contribution in [0.5, 0.6) is 0 Å². The summed E-state index contributed by atoms with van der Waals surface area (Å²) in [6.45, 7) is 2.14. The molecule has 0 saturated carbocycles. The van der Waals surface area contributed by atoms with E-state index < -0.39 is 5.97 Å². The van der Waals surface area contributed by atoms with Crippen molar-refractivity contribution in [2.45, 2.75) is 13.5 Å². The lowest BCUT2D eigenvalue weighted by atomic mass is 10.2. The highest BCUT2D eigenvalue weighted by molar-refractivity contribution is 6.15. The van der Waals surface area contributed by atoms with Crippen molar-refractivity contribution in [2.75, 3.05) is 0 Å². The van der Waals surface area contributed by atoms with Gasteiger partial charge in [0.1, 0.15) is 12.4 Å². The molecule has 0 aliphatic heterocycles. The SMILES string of the molecule is Cc1ccc(COC(=O)/C(=C\c2ccco2)n2nnnc2-c2ccccc2)cc1. The molecule has 29 heavy (non-hydrogen) atoms. The van der Waals surface area contributed by atoms with Gasteiger partial charge in [-0.25, -0.2) is 4.79 Å². The fraction of sp³-hybridized carbons (Fsp3) is 0.0909. The number of carbonyl (C=O) groups excluding carboxylic acids is 1. The molecule has 0 fully saturated rings. The Morgan fingerprint density at radius 1 is 1.07 bits per heavy atom. The highest BCUT2D eigenvalue weighted by Gasteiger charge is 2.21. The molecule has 144 valence electrons. The van der Waals surface area contributed by atoms with Gasteiger partial charge in [-0.3, -0.25) is 0 Å². The number of hydrogen-bond acceptors (Lipinski definition) is 6. The van der Waals surface area contributed by atoms with Gasteiger partial charge in [-0.05, 0) is 35.0 Å². The molecule has 2 aromatic carbocycles. The third kappa shape index (κ3) is 4.30. The maximum absolute atomic E-state index is 12.9. The fourth-order valence-corrected chi connectivity index (χ4v) is 2.74. The number of benzene rings is 2. The van der Waals surface area contributed by atoms with E-state index in [0.717, 1.165) is 16.7 Å². The first-order valence-electron chi connectivity index (χ1n) is 9.03. The Kier molecular flexibility index (Phi) is 5.29. The fourth-order valence-electron chi connectivity index (χ4n) is 2.74. The molecule has 0 aliphatic rings. The second-order valence-electron chi connectivity index (χ2n) is 6.39. The summed E-state index contributed by atoms with van der Waals surface area (Å²) in [6, 6.07) is 20.6. The minimum Gasteiger partial charge on any atom is -0.465 e. The van der Waals surface area contributed by atoms with Gasteiger partial charge in [0, 0.05) is 11.6 Å². The number of esters is 1. The Hall–Kier alpha value is -4.00. The normalized spacial score (nSPS) is 11.4. The highest BCUT2D eigenvalue weighted by Crippen LogP contribution is 2.21. The Morgan fingerprint density at radius 2 is 1.86 bits per heavy atom. The maximum atomic E-state index is 12.9. The van der Waals surface area contributed by atoms with Crippen molar-refractivity contribution in [2.24, 2.45) is 0 Å². The van der Waals surface area contributed by atoms with Crippen LogP contribution in [0.2, 0.25) is 0 Å². The molecule has 0 amide bonds. The minimum absolute atomic E-state index is 0.136. The molecule has 0 atom stereocenters. The Labute approximate surface area is 167 Å². The number of rotatable bonds is 6. The van der Waals surface area contributed by atoms with Crippen LogP contribution in [0.4, 0.5) is 0 Å². The van der Waals surface area contributed by atoms with Crippen molar-refractivity contribution >= 4 is 17.7 Å². The predicted molar refractivity (Wildman–Crippen MR) is 107 cm³/mol. The Bertz CT molecular complexity index is 1110. The number of aromatic nitrogens is 4. The van der Waals surface area contributed by atoms with Gasteiger partial charge in [0.2, 0.25) is 0 Å². The summed E-state index contributed by atoms with van der Waals surface area (Å²) in [5.74, 6) is 0.351. The summed E-state index contributed by atoms with van der Waals surface area (Å²) in [4.78, 5) is 12.9. The second kappa shape index (κ2) is 8.35. The zero-order chi connectivity index (χ0) is 20.1. The van der Waals surface area contributed by atoms with Gasteiger partial charge in [0.25, 0.3) is 0 Å². The number of furan rings is 1. The predicted octanol–water partition coefficient (Wildman–Crippen LogP) is 3.98. The summed E-state index contributed by atoms with van der Waals surface area (Å²) >= 11 is 0. The largest absolute Gasteiger partial charge is 0.465 e. The molecule has 0 radical (unpaired) electrons. The topological polar surface area (TPSA) is 83.0 Å². The molecule has 0 N–H and O–H groups in total. The summed E-state index contributed by atoms with van der Waals surface area (Å²) in [5.41, 5.74) is 2.95. The van der Waals surface area contributed by atoms with Gasteiger partial charge in [-0.15, -0.1) is 5.10 Å². The average Bonchev–Trinajstić information content (AvgIpc) is 3.44. The molecule has 0 spiro atoms. The molecule has 4 rings (SSSR count). The first kappa shape index (κ1) is 18.4. The summed E-state index contributed by atoms with van der Waals surface area (Å²) in [7, 11) is 0. The monoisotopic (exact) mass is 386 g/mol. The molecule has 2 aromatic heterocycles. The van der Waals surface area contributed by atoms with Gasteiger partial charge in [0.05, 0.1) is 6.26 Å². The summed E-state index contributed by atoms with van der Waals surface area (Å²) < 4.78 is 12.3. The number of tetrazole rings is 1. The highest BCUT2D eigenvalue weighted by atomic mass is 16.5. The quantitative estimate of drug-likeness (QED) is 0.368. The molecule has 7 heteroatoms. The van der Waals surface area contributed by atoms with Gasteiger partial charge < -0.3 is 9.15 Å². The van der Waals surface area contributed by atoms with E-state index in [1.807, 2.05) is 61.5 Å². The van der Waals surface area contributed by atoms with Crippen LogP contribution in [-0.4, -0.2) is 26.2 Å². The summed E-state index contributed by atoms with van der Waals surface area (Å²) in [6.07, 6.45) is 3.08. The number of aryl methyl sites for hydroxylation is 1. The first-order chi connectivity index (χ1) is 14.2. The third-order valence-corrected chi connectivity index (χ3v) is 4.25. The molecule has 4 aromatic rings. The number of nitrogens with zero attached hydrogens (tertiary/aromatic N) is 4. The van der Waals surface area contributed by atoms with Crippen LogP contribution in [0.1, 0.15) is 16.9 Å². The van der Waals surface area contributed by atoms with E-state index in [9.17, 15) is 4.79 Å². The lowest BCUT2D eigenvalue weighted by molar-refractivity contribution is -0.138. The molecule has 0 unspecified atom stereocenters. The molecular weight excluding hydrogens is 368 g/mol. The molecule has 0 saturated heterocycles.